The molecule has 21 heavy (non-hydrogen) atoms. The highest BCUT2D eigenvalue weighted by Gasteiger charge is 2.36. The number of hydrogen-bond donors (Lipinski definition) is 1. The van der Waals surface area contributed by atoms with Crippen molar-refractivity contribution >= 4 is 11.8 Å². The van der Waals surface area contributed by atoms with E-state index in [0.29, 0.717) is 6.54 Å². The molecule has 0 aromatic carbocycles. The second-order valence-corrected chi connectivity index (χ2v) is 7.05. The van der Waals surface area contributed by atoms with Gasteiger partial charge in [0.15, 0.2) is 0 Å². The van der Waals surface area contributed by atoms with E-state index in [9.17, 15) is 9.59 Å². The van der Waals surface area contributed by atoms with Gasteiger partial charge in [-0.25, -0.2) is 0 Å². The van der Waals surface area contributed by atoms with Gasteiger partial charge in [-0.2, -0.15) is 0 Å². The summed E-state index contributed by atoms with van der Waals surface area (Å²) in [5, 5.41) is 2.65. The predicted molar refractivity (Wildman–Crippen MR) is 83.7 cm³/mol. The smallest absolute Gasteiger partial charge is 0.225 e. The molecule has 0 saturated heterocycles. The fourth-order valence-electron chi connectivity index (χ4n) is 4.24. The second kappa shape index (κ2) is 7.28. The number of rotatable bonds is 4. The standard InChI is InChI=1S/C17H30N2O2/c1-12(16(20)18-2)11-19(3)17(21)15-9-8-13-6-4-5-7-14(13)10-15/h12-15H,4-11H2,1-3H3,(H,18,20). The lowest BCUT2D eigenvalue weighted by molar-refractivity contribution is -0.138. The number of hydrogen-bond acceptors (Lipinski definition) is 2. The fourth-order valence-corrected chi connectivity index (χ4v) is 4.24. The van der Waals surface area contributed by atoms with Gasteiger partial charge in [0.25, 0.3) is 0 Å². The summed E-state index contributed by atoms with van der Waals surface area (Å²) in [6.45, 7) is 2.39. The van der Waals surface area contributed by atoms with Crippen LogP contribution in [0.2, 0.25) is 0 Å². The maximum atomic E-state index is 12.6. The minimum absolute atomic E-state index is 0.00522. The van der Waals surface area contributed by atoms with Gasteiger partial charge in [0.2, 0.25) is 11.8 Å². The monoisotopic (exact) mass is 294 g/mol. The van der Waals surface area contributed by atoms with E-state index < -0.39 is 0 Å². The summed E-state index contributed by atoms with van der Waals surface area (Å²) in [7, 11) is 3.49. The topological polar surface area (TPSA) is 49.4 Å². The minimum Gasteiger partial charge on any atom is -0.359 e. The van der Waals surface area contributed by atoms with Crippen LogP contribution < -0.4 is 5.32 Å². The van der Waals surface area contributed by atoms with Crippen molar-refractivity contribution in [1.82, 2.24) is 10.2 Å². The zero-order valence-corrected chi connectivity index (χ0v) is 13.7. The Morgan fingerprint density at radius 1 is 1.14 bits per heavy atom. The van der Waals surface area contributed by atoms with E-state index in [1.165, 1.54) is 32.1 Å². The highest BCUT2D eigenvalue weighted by Crippen LogP contribution is 2.43. The maximum absolute atomic E-state index is 12.6. The normalized spacial score (nSPS) is 30.1. The molecule has 4 unspecified atom stereocenters. The van der Waals surface area contributed by atoms with Crippen molar-refractivity contribution in [2.24, 2.45) is 23.7 Å². The summed E-state index contributed by atoms with van der Waals surface area (Å²) in [5.74, 6) is 1.94. The molecular formula is C17H30N2O2. The number of carbonyl (C=O) groups is 2. The molecule has 2 rings (SSSR count). The molecule has 0 aromatic rings. The van der Waals surface area contributed by atoms with E-state index in [1.807, 2.05) is 14.0 Å². The van der Waals surface area contributed by atoms with E-state index >= 15 is 0 Å². The average molecular weight is 294 g/mol. The van der Waals surface area contributed by atoms with Gasteiger partial charge >= 0.3 is 0 Å². The molecule has 4 atom stereocenters. The molecular weight excluding hydrogens is 264 g/mol. The summed E-state index contributed by atoms with van der Waals surface area (Å²) >= 11 is 0. The van der Waals surface area contributed by atoms with Crippen molar-refractivity contribution in [2.75, 3.05) is 20.6 Å². The zero-order valence-electron chi connectivity index (χ0n) is 13.7. The third-order valence-corrected chi connectivity index (χ3v) is 5.51. The molecule has 1 N–H and O–H groups in total. The van der Waals surface area contributed by atoms with Crippen molar-refractivity contribution < 1.29 is 9.59 Å². The van der Waals surface area contributed by atoms with Crippen molar-refractivity contribution in [3.05, 3.63) is 0 Å². The van der Waals surface area contributed by atoms with Crippen molar-refractivity contribution in [1.29, 1.82) is 0 Å². The molecule has 2 saturated carbocycles. The first-order chi connectivity index (χ1) is 10.0. The average Bonchev–Trinajstić information content (AvgIpc) is 2.52. The van der Waals surface area contributed by atoms with Gasteiger partial charge in [0.05, 0.1) is 5.92 Å². The summed E-state index contributed by atoms with van der Waals surface area (Å²) in [6, 6.07) is 0. The first-order valence-electron chi connectivity index (χ1n) is 8.49. The number of nitrogens with zero attached hydrogens (tertiary/aromatic N) is 1. The molecule has 120 valence electrons. The molecule has 2 fully saturated rings. The van der Waals surface area contributed by atoms with Crippen LogP contribution in [0.15, 0.2) is 0 Å². The quantitative estimate of drug-likeness (QED) is 0.865. The Balaban J connectivity index is 1.86. The number of fused-ring (bicyclic) bond motifs is 1. The highest BCUT2D eigenvalue weighted by atomic mass is 16.2. The maximum Gasteiger partial charge on any atom is 0.225 e. The van der Waals surface area contributed by atoms with Crippen LogP contribution in [0.25, 0.3) is 0 Å². The molecule has 0 radical (unpaired) electrons. The van der Waals surface area contributed by atoms with Gasteiger partial charge in [0.1, 0.15) is 0 Å². The molecule has 0 bridgehead atoms. The van der Waals surface area contributed by atoms with Crippen LogP contribution in [-0.2, 0) is 9.59 Å². The lowest BCUT2D eigenvalue weighted by Crippen LogP contribution is -2.42. The van der Waals surface area contributed by atoms with Crippen LogP contribution in [0, 0.1) is 23.7 Å². The van der Waals surface area contributed by atoms with E-state index in [1.54, 1.807) is 11.9 Å². The van der Waals surface area contributed by atoms with E-state index in [2.05, 4.69) is 5.32 Å². The largest absolute Gasteiger partial charge is 0.359 e. The predicted octanol–water partition coefficient (Wildman–Crippen LogP) is 2.43. The summed E-state index contributed by atoms with van der Waals surface area (Å²) in [5.41, 5.74) is 0. The molecule has 0 aliphatic heterocycles. The van der Waals surface area contributed by atoms with Gasteiger partial charge < -0.3 is 10.2 Å². The number of nitrogens with one attached hydrogen (secondary N) is 1. The Kier molecular flexibility index (Phi) is 5.65. The molecule has 4 heteroatoms. The number of carbonyl (C=O) groups excluding carboxylic acids is 2. The molecule has 2 amide bonds. The van der Waals surface area contributed by atoms with Gasteiger partial charge in [-0.15, -0.1) is 0 Å². The first kappa shape index (κ1) is 16.3. The second-order valence-electron chi connectivity index (χ2n) is 7.05. The lowest BCUT2D eigenvalue weighted by Gasteiger charge is -2.39. The number of amides is 2. The highest BCUT2D eigenvalue weighted by molar-refractivity contribution is 5.81. The third-order valence-electron chi connectivity index (χ3n) is 5.51. The van der Waals surface area contributed by atoms with Crippen molar-refractivity contribution in [3.8, 4) is 0 Å². The van der Waals surface area contributed by atoms with Crippen molar-refractivity contribution in [3.63, 3.8) is 0 Å². The Morgan fingerprint density at radius 2 is 1.81 bits per heavy atom. The zero-order chi connectivity index (χ0) is 15.4. The van der Waals surface area contributed by atoms with Gasteiger partial charge in [-0.05, 0) is 31.1 Å². The van der Waals surface area contributed by atoms with E-state index in [0.717, 1.165) is 24.7 Å². The fraction of sp³-hybridized carbons (Fsp3) is 0.882. The molecule has 4 nitrogen and oxygen atoms in total. The summed E-state index contributed by atoms with van der Waals surface area (Å²) in [4.78, 5) is 26.0. The minimum atomic E-state index is -0.144. The van der Waals surface area contributed by atoms with Crippen LogP contribution in [-0.4, -0.2) is 37.4 Å². The van der Waals surface area contributed by atoms with Gasteiger partial charge in [-0.3, -0.25) is 9.59 Å². The molecule has 0 aromatic heterocycles. The van der Waals surface area contributed by atoms with Crippen LogP contribution in [0.1, 0.15) is 51.9 Å². The molecule has 2 aliphatic rings. The van der Waals surface area contributed by atoms with E-state index in [-0.39, 0.29) is 23.7 Å². The molecule has 2 aliphatic carbocycles. The van der Waals surface area contributed by atoms with Gasteiger partial charge in [-0.1, -0.05) is 32.6 Å². The Morgan fingerprint density at radius 3 is 2.48 bits per heavy atom. The van der Waals surface area contributed by atoms with Crippen molar-refractivity contribution in [2.45, 2.75) is 51.9 Å². The van der Waals surface area contributed by atoms with Gasteiger partial charge in [0, 0.05) is 26.6 Å². The first-order valence-corrected chi connectivity index (χ1v) is 8.49. The van der Waals surface area contributed by atoms with Crippen LogP contribution >= 0.6 is 0 Å². The summed E-state index contributed by atoms with van der Waals surface area (Å²) < 4.78 is 0. The SMILES string of the molecule is CNC(=O)C(C)CN(C)C(=O)C1CCC2CCCCC2C1. The third kappa shape index (κ3) is 3.98. The molecule has 0 heterocycles. The lowest BCUT2D eigenvalue weighted by atomic mass is 9.67. The Hall–Kier alpha value is -1.06. The van der Waals surface area contributed by atoms with Crippen LogP contribution in [0.4, 0.5) is 0 Å². The Labute approximate surface area is 128 Å². The molecule has 0 spiro atoms. The van der Waals surface area contributed by atoms with Crippen LogP contribution in [0.5, 0.6) is 0 Å². The Bertz CT molecular complexity index is 383. The van der Waals surface area contributed by atoms with Crippen LogP contribution in [0.3, 0.4) is 0 Å². The van der Waals surface area contributed by atoms with E-state index in [4.69, 9.17) is 0 Å². The summed E-state index contributed by atoms with van der Waals surface area (Å²) in [6.07, 6.45) is 8.73.